The fourth-order valence-corrected chi connectivity index (χ4v) is 4.06. The van der Waals surface area contributed by atoms with Gasteiger partial charge < -0.3 is 4.90 Å². The molecule has 0 aromatic carbocycles. The Balaban J connectivity index is 2.20. The molecule has 6 heteroatoms. The van der Waals surface area contributed by atoms with Gasteiger partial charge >= 0.3 is 0 Å². The van der Waals surface area contributed by atoms with Crippen molar-refractivity contribution in [3.05, 3.63) is 0 Å². The number of likely N-dealkylation sites (tertiary alicyclic amines) is 1. The first-order valence-corrected chi connectivity index (χ1v) is 9.13. The van der Waals surface area contributed by atoms with Crippen LogP contribution in [0.15, 0.2) is 0 Å². The Morgan fingerprint density at radius 2 is 2.18 bits per heavy atom. The molecule has 4 nitrogen and oxygen atoms in total. The van der Waals surface area contributed by atoms with Crippen molar-refractivity contribution in [2.24, 2.45) is 5.92 Å². The van der Waals surface area contributed by atoms with Crippen LogP contribution in [0.25, 0.3) is 0 Å². The largest absolute Gasteiger partial charge is 0.342 e. The van der Waals surface area contributed by atoms with Crippen LogP contribution in [0.4, 0.5) is 0 Å². The Labute approximate surface area is 108 Å². The minimum absolute atomic E-state index is 0.148. The zero-order valence-electron chi connectivity index (χ0n) is 10.5. The van der Waals surface area contributed by atoms with Crippen LogP contribution < -0.4 is 0 Å². The summed E-state index contributed by atoms with van der Waals surface area (Å²) in [6, 6.07) is 0. The number of nitrogens with zero attached hydrogens (tertiary/aromatic N) is 1. The summed E-state index contributed by atoms with van der Waals surface area (Å²) >= 11 is 1.41. The smallest absolute Gasteiger partial charge is 0.232 e. The quantitative estimate of drug-likeness (QED) is 0.705. The van der Waals surface area contributed by atoms with E-state index in [1.165, 1.54) is 24.4 Å². The van der Waals surface area contributed by atoms with Crippen molar-refractivity contribution in [1.29, 1.82) is 0 Å². The predicted molar refractivity (Wildman–Crippen MR) is 72.0 cm³/mol. The van der Waals surface area contributed by atoms with E-state index in [4.69, 9.17) is 0 Å². The molecule has 0 saturated carbocycles. The normalized spacial score (nSPS) is 21.5. The molecule has 1 rings (SSSR count). The van der Waals surface area contributed by atoms with Gasteiger partial charge in [-0.3, -0.25) is 4.79 Å². The van der Waals surface area contributed by atoms with E-state index < -0.39 is 9.84 Å². The number of sulfone groups is 1. The number of rotatable bonds is 5. The molecule has 0 aliphatic carbocycles. The highest BCUT2D eigenvalue weighted by atomic mass is 32.2. The van der Waals surface area contributed by atoms with Crippen LogP contribution in [0, 0.1) is 5.92 Å². The van der Waals surface area contributed by atoms with E-state index in [0.717, 1.165) is 19.5 Å². The summed E-state index contributed by atoms with van der Waals surface area (Å²) in [4.78, 5) is 13.7. The van der Waals surface area contributed by atoms with Gasteiger partial charge in [0.05, 0.1) is 11.5 Å². The van der Waals surface area contributed by atoms with E-state index in [-0.39, 0.29) is 11.7 Å². The van der Waals surface area contributed by atoms with Crippen molar-refractivity contribution < 1.29 is 13.2 Å². The lowest BCUT2D eigenvalue weighted by atomic mass is 10.0. The SMILES string of the molecule is C[C@@H]1CCCN(C(=O)CSCCS(C)(=O)=O)C1. The molecule has 0 unspecified atom stereocenters. The Hall–Kier alpha value is -0.230. The molecule has 1 saturated heterocycles. The number of hydrogen-bond acceptors (Lipinski definition) is 4. The lowest BCUT2D eigenvalue weighted by Crippen LogP contribution is -2.40. The lowest BCUT2D eigenvalue weighted by Gasteiger charge is -2.30. The summed E-state index contributed by atoms with van der Waals surface area (Å²) in [6.45, 7) is 3.87. The van der Waals surface area contributed by atoms with Crippen LogP contribution in [0.1, 0.15) is 19.8 Å². The molecule has 0 radical (unpaired) electrons. The molecule has 1 amide bonds. The van der Waals surface area contributed by atoms with Crippen molar-refractivity contribution in [3.63, 3.8) is 0 Å². The number of carbonyl (C=O) groups is 1. The number of amides is 1. The van der Waals surface area contributed by atoms with E-state index in [1.54, 1.807) is 0 Å². The summed E-state index contributed by atoms with van der Waals surface area (Å²) in [6.07, 6.45) is 3.51. The van der Waals surface area contributed by atoms with E-state index in [2.05, 4.69) is 6.92 Å². The Kier molecular flexibility index (Phi) is 5.79. The first kappa shape index (κ1) is 14.8. The minimum Gasteiger partial charge on any atom is -0.342 e. The van der Waals surface area contributed by atoms with Gasteiger partial charge in [-0.25, -0.2) is 8.42 Å². The van der Waals surface area contributed by atoms with Gasteiger partial charge in [0.15, 0.2) is 0 Å². The maximum Gasteiger partial charge on any atom is 0.232 e. The average Bonchev–Trinajstić information content (AvgIpc) is 2.23. The summed E-state index contributed by atoms with van der Waals surface area (Å²) in [5, 5.41) is 0. The molecule has 0 aromatic rings. The molecule has 1 fully saturated rings. The second kappa shape index (κ2) is 6.64. The van der Waals surface area contributed by atoms with Crippen LogP contribution in [-0.4, -0.2) is 55.8 Å². The van der Waals surface area contributed by atoms with Crippen molar-refractivity contribution in [3.8, 4) is 0 Å². The van der Waals surface area contributed by atoms with Crippen LogP contribution in [0.2, 0.25) is 0 Å². The van der Waals surface area contributed by atoms with E-state index in [1.807, 2.05) is 4.90 Å². The first-order valence-electron chi connectivity index (χ1n) is 5.92. The standard InChI is InChI=1S/C11H21NO3S2/c1-10-4-3-5-12(8-10)11(13)9-16-6-7-17(2,14)15/h10H,3-9H2,1-2H3/t10-/m1/s1. The molecule has 0 aromatic heterocycles. The van der Waals surface area contributed by atoms with Gasteiger partial charge in [0, 0.05) is 25.1 Å². The molecule has 100 valence electrons. The fraction of sp³-hybridized carbons (Fsp3) is 0.909. The van der Waals surface area contributed by atoms with Crippen molar-refractivity contribution in [2.75, 3.05) is 36.6 Å². The van der Waals surface area contributed by atoms with E-state index in [0.29, 0.717) is 17.4 Å². The third kappa shape index (κ3) is 6.31. The molecular weight excluding hydrogens is 258 g/mol. The Morgan fingerprint density at radius 1 is 1.47 bits per heavy atom. The molecule has 0 spiro atoms. The van der Waals surface area contributed by atoms with Crippen molar-refractivity contribution in [2.45, 2.75) is 19.8 Å². The molecule has 1 aliphatic rings. The molecule has 1 heterocycles. The maximum absolute atomic E-state index is 11.8. The highest BCUT2D eigenvalue weighted by Gasteiger charge is 2.20. The monoisotopic (exact) mass is 279 g/mol. The molecule has 17 heavy (non-hydrogen) atoms. The van der Waals surface area contributed by atoms with Gasteiger partial charge in [-0.05, 0) is 18.8 Å². The number of hydrogen-bond donors (Lipinski definition) is 0. The molecule has 1 aliphatic heterocycles. The number of thioether (sulfide) groups is 1. The minimum atomic E-state index is -2.90. The van der Waals surface area contributed by atoms with Crippen LogP contribution >= 0.6 is 11.8 Å². The van der Waals surface area contributed by atoms with Gasteiger partial charge in [-0.2, -0.15) is 11.8 Å². The Morgan fingerprint density at radius 3 is 2.76 bits per heavy atom. The van der Waals surface area contributed by atoms with Crippen LogP contribution in [0.3, 0.4) is 0 Å². The lowest BCUT2D eigenvalue weighted by molar-refractivity contribution is -0.130. The molecular formula is C11H21NO3S2. The van der Waals surface area contributed by atoms with Gasteiger partial charge in [-0.15, -0.1) is 0 Å². The highest BCUT2D eigenvalue weighted by molar-refractivity contribution is 8.01. The third-order valence-electron chi connectivity index (χ3n) is 2.83. The first-order chi connectivity index (χ1) is 7.88. The molecule has 0 N–H and O–H groups in total. The van der Waals surface area contributed by atoms with Gasteiger partial charge in [0.1, 0.15) is 9.84 Å². The van der Waals surface area contributed by atoms with Crippen molar-refractivity contribution >= 4 is 27.5 Å². The van der Waals surface area contributed by atoms with Crippen LogP contribution in [-0.2, 0) is 14.6 Å². The van der Waals surface area contributed by atoms with Gasteiger partial charge in [-0.1, -0.05) is 6.92 Å². The zero-order chi connectivity index (χ0) is 12.9. The Bertz CT molecular complexity index is 354. The summed E-state index contributed by atoms with van der Waals surface area (Å²) in [5.41, 5.74) is 0. The number of carbonyl (C=O) groups excluding carboxylic acids is 1. The second-order valence-electron chi connectivity index (χ2n) is 4.77. The summed E-state index contributed by atoms with van der Waals surface area (Å²) in [5.74, 6) is 1.81. The molecule has 1 atom stereocenters. The summed E-state index contributed by atoms with van der Waals surface area (Å²) in [7, 11) is -2.90. The zero-order valence-corrected chi connectivity index (χ0v) is 12.1. The topological polar surface area (TPSA) is 54.5 Å². The fourth-order valence-electron chi connectivity index (χ4n) is 1.88. The highest BCUT2D eigenvalue weighted by Crippen LogP contribution is 2.16. The predicted octanol–water partition coefficient (Wildman–Crippen LogP) is 1.02. The van der Waals surface area contributed by atoms with E-state index in [9.17, 15) is 13.2 Å². The summed E-state index contributed by atoms with van der Waals surface area (Å²) < 4.78 is 21.8. The average molecular weight is 279 g/mol. The second-order valence-corrected chi connectivity index (χ2v) is 8.13. The van der Waals surface area contributed by atoms with E-state index >= 15 is 0 Å². The molecule has 0 bridgehead atoms. The van der Waals surface area contributed by atoms with Gasteiger partial charge in [0.25, 0.3) is 0 Å². The number of piperidine rings is 1. The maximum atomic E-state index is 11.8. The van der Waals surface area contributed by atoms with Crippen molar-refractivity contribution in [1.82, 2.24) is 4.90 Å². The van der Waals surface area contributed by atoms with Gasteiger partial charge in [0.2, 0.25) is 5.91 Å². The van der Waals surface area contributed by atoms with Crippen LogP contribution in [0.5, 0.6) is 0 Å². The third-order valence-corrected chi connectivity index (χ3v) is 4.98.